The maximum atomic E-state index is 14.0. The molecule has 3 aromatic carbocycles. The molecule has 0 aliphatic heterocycles. The second-order valence-corrected chi connectivity index (χ2v) is 10.8. The van der Waals surface area contributed by atoms with Crippen LogP contribution in [0, 0.1) is 5.82 Å². The number of anilines is 1. The van der Waals surface area contributed by atoms with Gasteiger partial charge in [0, 0.05) is 19.2 Å². The first kappa shape index (κ1) is 31.2. The largest absolute Gasteiger partial charge is 0.497 e. The van der Waals surface area contributed by atoms with Gasteiger partial charge >= 0.3 is 0 Å². The SMILES string of the molecule is CCNC(=O)[C@@H](C)N(Cc1cccc(OC)c1)C(=O)CN(c1ccc(F)cc1)S(=O)(=O)c1ccc(OC)c(OC)c1. The minimum atomic E-state index is -4.39. The molecule has 0 aliphatic carbocycles. The highest BCUT2D eigenvalue weighted by Crippen LogP contribution is 2.32. The highest BCUT2D eigenvalue weighted by Gasteiger charge is 2.33. The zero-order valence-corrected chi connectivity index (χ0v) is 24.4. The quantitative estimate of drug-likeness (QED) is 0.325. The summed E-state index contributed by atoms with van der Waals surface area (Å²) in [6, 6.07) is 14.8. The van der Waals surface area contributed by atoms with Crippen molar-refractivity contribution < 1.29 is 36.6 Å². The zero-order valence-electron chi connectivity index (χ0n) is 23.6. The van der Waals surface area contributed by atoms with E-state index in [1.165, 1.54) is 56.6 Å². The van der Waals surface area contributed by atoms with Crippen molar-refractivity contribution in [1.29, 1.82) is 0 Å². The summed E-state index contributed by atoms with van der Waals surface area (Å²) in [5.74, 6) is -0.586. The second-order valence-electron chi connectivity index (χ2n) is 8.95. The summed E-state index contributed by atoms with van der Waals surface area (Å²) in [6.07, 6.45) is 0. The lowest BCUT2D eigenvalue weighted by Crippen LogP contribution is -2.51. The molecule has 0 fully saturated rings. The Kier molecular flexibility index (Phi) is 10.5. The molecule has 10 nitrogen and oxygen atoms in total. The average molecular weight is 588 g/mol. The van der Waals surface area contributed by atoms with E-state index in [9.17, 15) is 22.4 Å². The molecule has 3 rings (SSSR count). The molecular formula is C29H34FN3O7S. The summed E-state index contributed by atoms with van der Waals surface area (Å²) >= 11 is 0. The summed E-state index contributed by atoms with van der Waals surface area (Å²) in [5, 5.41) is 2.70. The number of ether oxygens (including phenoxy) is 3. The zero-order chi connectivity index (χ0) is 30.2. The maximum absolute atomic E-state index is 14.0. The molecule has 0 spiro atoms. The van der Waals surface area contributed by atoms with Gasteiger partial charge in [-0.1, -0.05) is 12.1 Å². The molecule has 0 bridgehead atoms. The molecule has 0 aromatic heterocycles. The lowest BCUT2D eigenvalue weighted by atomic mass is 10.1. The standard InChI is InChI=1S/C29H34FN3O7S/c1-6-31-29(35)20(2)32(18-21-8-7-9-24(16-21)38-3)28(34)19-33(23-12-10-22(30)11-13-23)41(36,37)25-14-15-26(39-4)27(17-25)40-5/h7-17,20H,6,18-19H2,1-5H3,(H,31,35)/t20-/m1/s1. The fraction of sp³-hybridized carbons (Fsp3) is 0.310. The highest BCUT2D eigenvalue weighted by atomic mass is 32.2. The van der Waals surface area contributed by atoms with Crippen LogP contribution in [0.5, 0.6) is 17.2 Å². The third-order valence-electron chi connectivity index (χ3n) is 6.34. The number of methoxy groups -OCH3 is 3. The van der Waals surface area contributed by atoms with Crippen LogP contribution >= 0.6 is 0 Å². The third kappa shape index (κ3) is 7.46. The van der Waals surface area contributed by atoms with Crippen LogP contribution in [0.3, 0.4) is 0 Å². The lowest BCUT2D eigenvalue weighted by molar-refractivity contribution is -0.139. The number of hydrogen-bond donors (Lipinski definition) is 1. The van der Waals surface area contributed by atoms with E-state index >= 15 is 0 Å². The third-order valence-corrected chi connectivity index (χ3v) is 8.11. The fourth-order valence-electron chi connectivity index (χ4n) is 4.11. The molecular weight excluding hydrogens is 553 g/mol. The van der Waals surface area contributed by atoms with E-state index in [4.69, 9.17) is 14.2 Å². The number of amides is 2. The van der Waals surface area contributed by atoms with Gasteiger partial charge in [-0.15, -0.1) is 0 Å². The van der Waals surface area contributed by atoms with Gasteiger partial charge in [-0.05, 0) is 67.9 Å². The van der Waals surface area contributed by atoms with Crippen molar-refractivity contribution in [3.05, 3.63) is 78.1 Å². The Hall–Kier alpha value is -4.32. The van der Waals surface area contributed by atoms with Gasteiger partial charge in [0.2, 0.25) is 11.8 Å². The molecule has 0 aliphatic rings. The van der Waals surface area contributed by atoms with Crippen molar-refractivity contribution in [3.63, 3.8) is 0 Å². The monoisotopic (exact) mass is 587 g/mol. The molecule has 0 unspecified atom stereocenters. The first-order valence-corrected chi connectivity index (χ1v) is 14.2. The Labute approximate surface area is 239 Å². The molecule has 0 saturated carbocycles. The van der Waals surface area contributed by atoms with Crippen LogP contribution in [0.1, 0.15) is 19.4 Å². The number of likely N-dealkylation sites (N-methyl/N-ethyl adjacent to an activating group) is 1. The van der Waals surface area contributed by atoms with E-state index < -0.39 is 40.2 Å². The smallest absolute Gasteiger partial charge is 0.264 e. The van der Waals surface area contributed by atoms with E-state index in [1.54, 1.807) is 38.1 Å². The number of carbonyl (C=O) groups excluding carboxylic acids is 2. The Morgan fingerprint density at radius 3 is 2.22 bits per heavy atom. The van der Waals surface area contributed by atoms with Crippen LogP contribution in [-0.2, 0) is 26.2 Å². The number of rotatable bonds is 13. The first-order chi connectivity index (χ1) is 19.5. The van der Waals surface area contributed by atoms with E-state index in [0.29, 0.717) is 23.6 Å². The van der Waals surface area contributed by atoms with Gasteiger partial charge in [0.25, 0.3) is 10.0 Å². The lowest BCUT2D eigenvalue weighted by Gasteiger charge is -2.32. The number of nitrogens with zero attached hydrogens (tertiary/aromatic N) is 2. The summed E-state index contributed by atoms with van der Waals surface area (Å²) < 4.78 is 58.4. The Bertz CT molecular complexity index is 1470. The van der Waals surface area contributed by atoms with E-state index in [-0.39, 0.29) is 22.9 Å². The minimum Gasteiger partial charge on any atom is -0.497 e. The van der Waals surface area contributed by atoms with Crippen LogP contribution in [-0.4, -0.2) is 65.6 Å². The van der Waals surface area contributed by atoms with Crippen LogP contribution in [0.2, 0.25) is 0 Å². The Morgan fingerprint density at radius 1 is 0.927 bits per heavy atom. The summed E-state index contributed by atoms with van der Waals surface area (Å²) in [4.78, 5) is 27.8. The summed E-state index contributed by atoms with van der Waals surface area (Å²) in [7, 11) is -0.0840. The fourth-order valence-corrected chi connectivity index (χ4v) is 5.54. The molecule has 0 heterocycles. The molecule has 1 N–H and O–H groups in total. The molecule has 1 atom stereocenters. The Balaban J connectivity index is 2.07. The van der Waals surface area contributed by atoms with Crippen LogP contribution in [0.25, 0.3) is 0 Å². The topological polar surface area (TPSA) is 114 Å². The molecule has 12 heteroatoms. The maximum Gasteiger partial charge on any atom is 0.264 e. The van der Waals surface area contributed by atoms with E-state index in [1.807, 2.05) is 0 Å². The van der Waals surface area contributed by atoms with Crippen molar-refractivity contribution in [3.8, 4) is 17.2 Å². The number of hydrogen-bond acceptors (Lipinski definition) is 7. The summed E-state index contributed by atoms with van der Waals surface area (Å²) in [6.45, 7) is 3.00. The number of nitrogens with one attached hydrogen (secondary N) is 1. The molecule has 2 amide bonds. The molecule has 0 radical (unpaired) electrons. The first-order valence-electron chi connectivity index (χ1n) is 12.8. The number of halogens is 1. The predicted molar refractivity (Wildman–Crippen MR) is 152 cm³/mol. The minimum absolute atomic E-state index is 0.00198. The van der Waals surface area contributed by atoms with Gasteiger partial charge in [-0.25, -0.2) is 12.8 Å². The molecule has 41 heavy (non-hydrogen) atoms. The van der Waals surface area contributed by atoms with E-state index in [2.05, 4.69) is 5.32 Å². The van der Waals surface area contributed by atoms with Crippen molar-refractivity contribution >= 4 is 27.5 Å². The van der Waals surface area contributed by atoms with E-state index in [0.717, 1.165) is 16.4 Å². The molecule has 220 valence electrons. The van der Waals surface area contributed by atoms with Crippen LogP contribution in [0.4, 0.5) is 10.1 Å². The van der Waals surface area contributed by atoms with Crippen LogP contribution < -0.4 is 23.8 Å². The second kappa shape index (κ2) is 13.8. The van der Waals surface area contributed by atoms with Gasteiger partial charge in [0.05, 0.1) is 31.9 Å². The number of benzene rings is 3. The van der Waals surface area contributed by atoms with Gasteiger partial charge in [0.1, 0.15) is 24.2 Å². The normalized spacial score (nSPS) is 11.8. The molecule has 0 saturated heterocycles. The van der Waals surface area contributed by atoms with Gasteiger partial charge < -0.3 is 24.4 Å². The Morgan fingerprint density at radius 2 is 1.61 bits per heavy atom. The number of carbonyl (C=O) groups is 2. The van der Waals surface area contributed by atoms with Gasteiger partial charge in [-0.3, -0.25) is 13.9 Å². The van der Waals surface area contributed by atoms with Crippen molar-refractivity contribution in [2.45, 2.75) is 31.3 Å². The van der Waals surface area contributed by atoms with Crippen molar-refractivity contribution in [1.82, 2.24) is 10.2 Å². The van der Waals surface area contributed by atoms with Crippen molar-refractivity contribution in [2.24, 2.45) is 0 Å². The van der Waals surface area contributed by atoms with Crippen LogP contribution in [0.15, 0.2) is 71.6 Å². The van der Waals surface area contributed by atoms with Gasteiger partial charge in [-0.2, -0.15) is 0 Å². The number of sulfonamides is 1. The predicted octanol–water partition coefficient (Wildman–Crippen LogP) is 3.60. The summed E-state index contributed by atoms with van der Waals surface area (Å²) in [5.41, 5.74) is 0.728. The average Bonchev–Trinajstić information content (AvgIpc) is 2.98. The molecule has 3 aromatic rings. The van der Waals surface area contributed by atoms with Crippen molar-refractivity contribution in [2.75, 3.05) is 38.7 Å². The highest BCUT2D eigenvalue weighted by molar-refractivity contribution is 7.92. The van der Waals surface area contributed by atoms with Gasteiger partial charge in [0.15, 0.2) is 11.5 Å².